The third kappa shape index (κ3) is 4.04. The summed E-state index contributed by atoms with van der Waals surface area (Å²) in [5, 5.41) is 7.75. The fourth-order valence-electron chi connectivity index (χ4n) is 1.92. The summed E-state index contributed by atoms with van der Waals surface area (Å²) in [6, 6.07) is 2.18. The molecule has 2 heterocycles. The van der Waals surface area contributed by atoms with Gasteiger partial charge in [-0.2, -0.15) is 4.98 Å². The Labute approximate surface area is 130 Å². The summed E-state index contributed by atoms with van der Waals surface area (Å²) in [7, 11) is 1.72. The number of aromatic nitrogens is 2. The summed E-state index contributed by atoms with van der Waals surface area (Å²) in [6.07, 6.45) is 2.22. The van der Waals surface area contributed by atoms with E-state index in [9.17, 15) is 0 Å². The molecule has 0 spiro atoms. The molecule has 1 atom stereocenters. The molecule has 0 aliphatic rings. The molecule has 0 amide bonds. The molecule has 0 aliphatic heterocycles. The molecule has 0 radical (unpaired) electrons. The van der Waals surface area contributed by atoms with Crippen LogP contribution in [0.2, 0.25) is 0 Å². The molecule has 2 N–H and O–H groups in total. The van der Waals surface area contributed by atoms with Crippen LogP contribution in [0.4, 0.5) is 11.8 Å². The van der Waals surface area contributed by atoms with Gasteiger partial charge in [0.2, 0.25) is 5.95 Å². The highest BCUT2D eigenvalue weighted by Gasteiger charge is 2.12. The van der Waals surface area contributed by atoms with Crippen LogP contribution < -0.4 is 10.6 Å². The smallest absolute Gasteiger partial charge is 0.226 e. The zero-order chi connectivity index (χ0) is 15.2. The Kier molecular flexibility index (Phi) is 5.76. The number of hydrogen-bond donors (Lipinski definition) is 2. The highest BCUT2D eigenvalue weighted by Crippen LogP contribution is 2.30. The van der Waals surface area contributed by atoms with E-state index in [1.165, 1.54) is 4.88 Å². The van der Waals surface area contributed by atoms with Gasteiger partial charge in [-0.3, -0.25) is 0 Å². The second-order valence-electron chi connectivity index (χ2n) is 5.03. The third-order valence-electron chi connectivity index (χ3n) is 3.28. The molecule has 116 valence electrons. The molecule has 6 heteroatoms. The van der Waals surface area contributed by atoms with Crippen molar-refractivity contribution in [2.45, 2.75) is 39.7 Å². The van der Waals surface area contributed by atoms with Gasteiger partial charge < -0.3 is 15.4 Å². The van der Waals surface area contributed by atoms with Crippen molar-refractivity contribution in [1.82, 2.24) is 9.97 Å². The second-order valence-corrected chi connectivity index (χ2v) is 6.15. The van der Waals surface area contributed by atoms with Crippen molar-refractivity contribution in [1.29, 1.82) is 0 Å². The topological polar surface area (TPSA) is 59.1 Å². The number of aryl methyl sites for hydroxylation is 1. The minimum absolute atomic E-state index is 0.145. The van der Waals surface area contributed by atoms with Gasteiger partial charge in [0, 0.05) is 25.1 Å². The summed E-state index contributed by atoms with van der Waals surface area (Å²) in [4.78, 5) is 11.6. The van der Waals surface area contributed by atoms with Gasteiger partial charge in [0.05, 0.1) is 11.5 Å². The SMILES string of the molecule is CCCNc1nc(NCC(C)OC)c2cc(CC)sc2n1. The first-order valence-electron chi connectivity index (χ1n) is 7.48. The van der Waals surface area contributed by atoms with Gasteiger partial charge in [-0.25, -0.2) is 4.98 Å². The highest BCUT2D eigenvalue weighted by atomic mass is 32.1. The molecular weight excluding hydrogens is 284 g/mol. The van der Waals surface area contributed by atoms with E-state index < -0.39 is 0 Å². The number of anilines is 2. The Morgan fingerprint density at radius 3 is 2.76 bits per heavy atom. The lowest BCUT2D eigenvalue weighted by Gasteiger charge is -2.13. The van der Waals surface area contributed by atoms with E-state index in [1.54, 1.807) is 18.4 Å². The monoisotopic (exact) mass is 308 g/mol. The van der Waals surface area contributed by atoms with Gasteiger partial charge in [0.1, 0.15) is 10.6 Å². The van der Waals surface area contributed by atoms with E-state index >= 15 is 0 Å². The Balaban J connectivity index is 2.31. The minimum atomic E-state index is 0.145. The predicted octanol–water partition coefficient (Wildman–Crippen LogP) is 3.52. The van der Waals surface area contributed by atoms with Crippen molar-refractivity contribution in [2.24, 2.45) is 0 Å². The van der Waals surface area contributed by atoms with Crippen LogP contribution in [-0.2, 0) is 11.2 Å². The summed E-state index contributed by atoms with van der Waals surface area (Å²) in [5.41, 5.74) is 0. The largest absolute Gasteiger partial charge is 0.380 e. The molecule has 21 heavy (non-hydrogen) atoms. The van der Waals surface area contributed by atoms with Crippen molar-refractivity contribution in [3.05, 3.63) is 10.9 Å². The van der Waals surface area contributed by atoms with Gasteiger partial charge in [0.25, 0.3) is 0 Å². The van der Waals surface area contributed by atoms with Gasteiger partial charge in [0.15, 0.2) is 0 Å². The third-order valence-corrected chi connectivity index (χ3v) is 4.46. The van der Waals surface area contributed by atoms with E-state index in [1.807, 2.05) is 6.92 Å². The van der Waals surface area contributed by atoms with Crippen LogP contribution in [0.1, 0.15) is 32.1 Å². The van der Waals surface area contributed by atoms with Crippen LogP contribution in [0, 0.1) is 0 Å². The lowest BCUT2D eigenvalue weighted by atomic mass is 10.3. The molecule has 1 unspecified atom stereocenters. The van der Waals surface area contributed by atoms with E-state index in [4.69, 9.17) is 4.74 Å². The number of nitrogens with one attached hydrogen (secondary N) is 2. The molecule has 0 saturated heterocycles. The summed E-state index contributed by atoms with van der Waals surface area (Å²) >= 11 is 1.74. The van der Waals surface area contributed by atoms with Crippen molar-refractivity contribution >= 4 is 33.3 Å². The zero-order valence-electron chi connectivity index (χ0n) is 13.2. The first kappa shape index (κ1) is 16.0. The fourth-order valence-corrected chi connectivity index (χ4v) is 2.89. The number of rotatable bonds is 8. The van der Waals surface area contributed by atoms with E-state index in [2.05, 4.69) is 40.5 Å². The average molecular weight is 308 g/mol. The molecule has 0 aromatic carbocycles. The summed E-state index contributed by atoms with van der Waals surface area (Å²) in [6.45, 7) is 7.94. The normalized spacial score (nSPS) is 12.6. The lowest BCUT2D eigenvalue weighted by molar-refractivity contribution is 0.128. The van der Waals surface area contributed by atoms with Crippen LogP contribution in [0.5, 0.6) is 0 Å². The minimum Gasteiger partial charge on any atom is -0.380 e. The van der Waals surface area contributed by atoms with Crippen molar-refractivity contribution < 1.29 is 4.74 Å². The number of thiophene rings is 1. The van der Waals surface area contributed by atoms with E-state index in [0.29, 0.717) is 5.95 Å². The van der Waals surface area contributed by atoms with Crippen molar-refractivity contribution in [2.75, 3.05) is 30.8 Å². The van der Waals surface area contributed by atoms with Gasteiger partial charge in [-0.1, -0.05) is 13.8 Å². The fraction of sp³-hybridized carbons (Fsp3) is 0.600. The quantitative estimate of drug-likeness (QED) is 0.781. The number of fused-ring (bicyclic) bond motifs is 1. The molecule has 2 aromatic heterocycles. The van der Waals surface area contributed by atoms with Gasteiger partial charge in [-0.15, -0.1) is 11.3 Å². The van der Waals surface area contributed by atoms with Crippen LogP contribution in [0.25, 0.3) is 10.2 Å². The van der Waals surface area contributed by atoms with Gasteiger partial charge in [-0.05, 0) is 25.8 Å². The maximum atomic E-state index is 5.29. The highest BCUT2D eigenvalue weighted by molar-refractivity contribution is 7.18. The number of hydrogen-bond acceptors (Lipinski definition) is 6. The number of methoxy groups -OCH3 is 1. The van der Waals surface area contributed by atoms with E-state index in [-0.39, 0.29) is 6.10 Å². The maximum Gasteiger partial charge on any atom is 0.226 e. The maximum absolute atomic E-state index is 5.29. The van der Waals surface area contributed by atoms with Crippen LogP contribution >= 0.6 is 11.3 Å². The second kappa shape index (κ2) is 7.56. The number of nitrogens with zero attached hydrogens (tertiary/aromatic N) is 2. The average Bonchev–Trinajstić information content (AvgIpc) is 2.93. The zero-order valence-corrected chi connectivity index (χ0v) is 14.0. The summed E-state index contributed by atoms with van der Waals surface area (Å²) in [5.74, 6) is 1.58. The van der Waals surface area contributed by atoms with Crippen molar-refractivity contribution in [3.8, 4) is 0 Å². The standard InChI is InChI=1S/C15H24N4OS/c1-5-7-16-15-18-13(17-9-10(3)20-4)12-8-11(6-2)21-14(12)19-15/h8,10H,5-7,9H2,1-4H3,(H2,16,17,18,19). The Bertz CT molecular complexity index is 584. The molecule has 0 fully saturated rings. The molecule has 0 aliphatic carbocycles. The van der Waals surface area contributed by atoms with Crippen LogP contribution in [0.3, 0.4) is 0 Å². The number of ether oxygens (including phenoxy) is 1. The molecule has 0 bridgehead atoms. The van der Waals surface area contributed by atoms with Gasteiger partial charge >= 0.3 is 0 Å². The van der Waals surface area contributed by atoms with E-state index in [0.717, 1.165) is 42.0 Å². The van der Waals surface area contributed by atoms with Crippen LogP contribution in [-0.4, -0.2) is 36.3 Å². The predicted molar refractivity (Wildman–Crippen MR) is 90.5 cm³/mol. The first-order valence-corrected chi connectivity index (χ1v) is 8.30. The lowest BCUT2D eigenvalue weighted by Crippen LogP contribution is -2.19. The Morgan fingerprint density at radius 2 is 2.10 bits per heavy atom. The first-order chi connectivity index (χ1) is 10.2. The summed E-state index contributed by atoms with van der Waals surface area (Å²) < 4.78 is 5.29. The molecule has 2 aromatic rings. The Morgan fingerprint density at radius 1 is 1.29 bits per heavy atom. The van der Waals surface area contributed by atoms with Crippen LogP contribution in [0.15, 0.2) is 6.07 Å². The Hall–Kier alpha value is -1.40. The molecule has 0 saturated carbocycles. The van der Waals surface area contributed by atoms with Crippen molar-refractivity contribution in [3.63, 3.8) is 0 Å². The molecule has 5 nitrogen and oxygen atoms in total. The molecule has 2 rings (SSSR count). The molecular formula is C15H24N4OS.